The molecule has 0 saturated carbocycles. The molecule has 0 unspecified atom stereocenters. The Balaban J connectivity index is 3.07. The van der Waals surface area contributed by atoms with Crippen molar-refractivity contribution in [1.82, 2.24) is 0 Å². The minimum atomic E-state index is -0.383. The van der Waals surface area contributed by atoms with Crippen LogP contribution < -0.4 is 4.74 Å². The molecule has 0 bridgehead atoms. The molecule has 4 nitrogen and oxygen atoms in total. The van der Waals surface area contributed by atoms with E-state index in [1.54, 1.807) is 12.1 Å². The molecule has 1 aromatic rings. The van der Waals surface area contributed by atoms with Crippen molar-refractivity contribution in [3.8, 4) is 5.75 Å². The highest BCUT2D eigenvalue weighted by molar-refractivity contribution is 6.17. The van der Waals surface area contributed by atoms with Crippen molar-refractivity contribution in [2.24, 2.45) is 0 Å². The van der Waals surface area contributed by atoms with Gasteiger partial charge in [0.1, 0.15) is 5.75 Å². The van der Waals surface area contributed by atoms with E-state index in [2.05, 4.69) is 0 Å². The van der Waals surface area contributed by atoms with Crippen LogP contribution in [-0.2, 0) is 6.42 Å². The average Bonchev–Trinajstić information content (AvgIpc) is 2.27. The first-order chi connectivity index (χ1) is 7.70. The van der Waals surface area contributed by atoms with Crippen molar-refractivity contribution in [2.45, 2.75) is 19.8 Å². The SMILES string of the molecule is CCOc1cccc([N+](=O)[O-])c1CCCCl. The van der Waals surface area contributed by atoms with Gasteiger partial charge in [0.25, 0.3) is 5.69 Å². The van der Waals surface area contributed by atoms with Gasteiger partial charge in [0.2, 0.25) is 0 Å². The third kappa shape index (κ3) is 3.10. The standard InChI is InChI=1S/C11H14ClNO3/c1-2-16-11-7-3-6-10(13(14)15)9(11)5-4-8-12/h3,6-7H,2,4-5,8H2,1H3. The minimum absolute atomic E-state index is 0.107. The van der Waals surface area contributed by atoms with Gasteiger partial charge in [0.05, 0.1) is 17.1 Å². The lowest BCUT2D eigenvalue weighted by atomic mass is 10.1. The lowest BCUT2D eigenvalue weighted by molar-refractivity contribution is -0.385. The monoisotopic (exact) mass is 243 g/mol. The van der Waals surface area contributed by atoms with Crippen LogP contribution in [0.25, 0.3) is 0 Å². The molecule has 0 radical (unpaired) electrons. The number of halogens is 1. The quantitative estimate of drug-likeness (QED) is 0.438. The van der Waals surface area contributed by atoms with Crippen molar-refractivity contribution in [3.63, 3.8) is 0 Å². The van der Waals surface area contributed by atoms with Crippen LogP contribution in [0.2, 0.25) is 0 Å². The topological polar surface area (TPSA) is 52.4 Å². The van der Waals surface area contributed by atoms with Crippen molar-refractivity contribution >= 4 is 17.3 Å². The molecular weight excluding hydrogens is 230 g/mol. The van der Waals surface area contributed by atoms with Gasteiger partial charge in [0.15, 0.2) is 0 Å². The first kappa shape index (κ1) is 12.8. The zero-order valence-electron chi connectivity index (χ0n) is 9.11. The zero-order valence-corrected chi connectivity index (χ0v) is 9.87. The number of nitro benzene ring substituents is 1. The van der Waals surface area contributed by atoms with Gasteiger partial charge >= 0.3 is 0 Å². The maximum atomic E-state index is 10.9. The lowest BCUT2D eigenvalue weighted by Gasteiger charge is -2.09. The third-order valence-corrected chi connectivity index (χ3v) is 2.43. The molecule has 1 aromatic carbocycles. The largest absolute Gasteiger partial charge is 0.493 e. The second-order valence-electron chi connectivity index (χ2n) is 3.24. The number of nitro groups is 1. The molecule has 16 heavy (non-hydrogen) atoms. The second-order valence-corrected chi connectivity index (χ2v) is 3.61. The van der Waals surface area contributed by atoms with Crippen LogP contribution in [0.5, 0.6) is 5.75 Å². The van der Waals surface area contributed by atoms with Crippen molar-refractivity contribution in [2.75, 3.05) is 12.5 Å². The van der Waals surface area contributed by atoms with Gasteiger partial charge in [0, 0.05) is 11.9 Å². The second kappa shape index (κ2) is 6.33. The number of ether oxygens (including phenoxy) is 1. The van der Waals surface area contributed by atoms with Gasteiger partial charge in [-0.1, -0.05) is 6.07 Å². The third-order valence-electron chi connectivity index (χ3n) is 2.17. The van der Waals surface area contributed by atoms with Gasteiger partial charge in [-0.2, -0.15) is 0 Å². The summed E-state index contributed by atoms with van der Waals surface area (Å²) < 4.78 is 5.38. The van der Waals surface area contributed by atoms with Gasteiger partial charge in [-0.15, -0.1) is 11.6 Å². The molecule has 0 saturated heterocycles. The predicted molar refractivity (Wildman–Crippen MR) is 63.3 cm³/mol. The van der Waals surface area contributed by atoms with Gasteiger partial charge < -0.3 is 4.74 Å². The van der Waals surface area contributed by atoms with E-state index in [0.717, 1.165) is 0 Å². The maximum absolute atomic E-state index is 10.9. The molecule has 0 aliphatic rings. The Kier molecular flexibility index (Phi) is 5.05. The van der Waals surface area contributed by atoms with E-state index in [4.69, 9.17) is 16.3 Å². The molecule has 0 N–H and O–H groups in total. The fourth-order valence-corrected chi connectivity index (χ4v) is 1.64. The van der Waals surface area contributed by atoms with Crippen molar-refractivity contribution in [3.05, 3.63) is 33.9 Å². The van der Waals surface area contributed by atoms with E-state index in [1.807, 2.05) is 6.92 Å². The van der Waals surface area contributed by atoms with Crippen LogP contribution in [0.1, 0.15) is 18.9 Å². The van der Waals surface area contributed by atoms with Crippen LogP contribution in [0.4, 0.5) is 5.69 Å². The molecule has 88 valence electrons. The molecule has 0 heterocycles. The van der Waals surface area contributed by atoms with E-state index < -0.39 is 0 Å². The van der Waals surface area contributed by atoms with Crippen molar-refractivity contribution in [1.29, 1.82) is 0 Å². The summed E-state index contributed by atoms with van der Waals surface area (Å²) in [5.41, 5.74) is 0.742. The number of hydrogen-bond acceptors (Lipinski definition) is 3. The number of nitrogens with zero attached hydrogens (tertiary/aromatic N) is 1. The predicted octanol–water partition coefficient (Wildman–Crippen LogP) is 3.16. The Morgan fingerprint density at radius 1 is 1.50 bits per heavy atom. The van der Waals surface area contributed by atoms with E-state index in [9.17, 15) is 10.1 Å². The fourth-order valence-electron chi connectivity index (χ4n) is 1.51. The summed E-state index contributed by atoms with van der Waals surface area (Å²) in [5.74, 6) is 1.07. The van der Waals surface area contributed by atoms with Gasteiger partial charge in [-0.05, 0) is 25.8 Å². The molecule has 0 aliphatic heterocycles. The normalized spacial score (nSPS) is 10.1. The summed E-state index contributed by atoms with van der Waals surface area (Å²) >= 11 is 5.60. The summed E-state index contributed by atoms with van der Waals surface area (Å²) in [6.45, 7) is 2.35. The number of benzene rings is 1. The Morgan fingerprint density at radius 3 is 2.81 bits per heavy atom. The number of alkyl halides is 1. The highest BCUT2D eigenvalue weighted by Crippen LogP contribution is 2.29. The first-order valence-corrected chi connectivity index (χ1v) is 5.69. The molecular formula is C11H14ClNO3. The van der Waals surface area contributed by atoms with Gasteiger partial charge in [-0.25, -0.2) is 0 Å². The lowest BCUT2D eigenvalue weighted by Crippen LogP contribution is -2.01. The van der Waals surface area contributed by atoms with Crippen LogP contribution >= 0.6 is 11.6 Å². The maximum Gasteiger partial charge on any atom is 0.276 e. The van der Waals surface area contributed by atoms with E-state index in [1.165, 1.54) is 6.07 Å². The Morgan fingerprint density at radius 2 is 2.25 bits per heavy atom. The van der Waals surface area contributed by atoms with Crippen molar-refractivity contribution < 1.29 is 9.66 Å². The smallest absolute Gasteiger partial charge is 0.276 e. The summed E-state index contributed by atoms with van der Waals surface area (Å²) in [7, 11) is 0. The first-order valence-electron chi connectivity index (χ1n) is 5.15. The summed E-state index contributed by atoms with van der Waals surface area (Å²) in [6, 6.07) is 4.87. The highest BCUT2D eigenvalue weighted by Gasteiger charge is 2.17. The Labute approximate surface area is 99.3 Å². The summed E-state index contributed by atoms with van der Waals surface area (Å²) in [4.78, 5) is 10.5. The van der Waals surface area contributed by atoms with Crippen LogP contribution in [0.3, 0.4) is 0 Å². The van der Waals surface area contributed by atoms with Crippen LogP contribution in [-0.4, -0.2) is 17.4 Å². The molecule has 0 spiro atoms. The molecule has 0 amide bonds. The van der Waals surface area contributed by atoms with Gasteiger partial charge in [-0.3, -0.25) is 10.1 Å². The zero-order chi connectivity index (χ0) is 12.0. The summed E-state index contributed by atoms with van der Waals surface area (Å²) in [6.07, 6.45) is 1.27. The molecule has 0 aromatic heterocycles. The summed E-state index contributed by atoms with van der Waals surface area (Å²) in [5, 5.41) is 10.9. The molecule has 5 heteroatoms. The highest BCUT2D eigenvalue weighted by atomic mass is 35.5. The molecule has 1 rings (SSSR count). The van der Waals surface area contributed by atoms with Crippen LogP contribution in [0.15, 0.2) is 18.2 Å². The Bertz CT molecular complexity index is 368. The molecule has 0 atom stereocenters. The minimum Gasteiger partial charge on any atom is -0.493 e. The van der Waals surface area contributed by atoms with E-state index in [-0.39, 0.29) is 10.6 Å². The van der Waals surface area contributed by atoms with E-state index in [0.29, 0.717) is 36.6 Å². The number of rotatable bonds is 6. The van der Waals surface area contributed by atoms with E-state index >= 15 is 0 Å². The average molecular weight is 244 g/mol. The molecule has 0 aliphatic carbocycles. The Hall–Kier alpha value is -1.29. The number of hydrogen-bond donors (Lipinski definition) is 0. The molecule has 0 fully saturated rings. The van der Waals surface area contributed by atoms with Crippen LogP contribution in [0, 0.1) is 10.1 Å². The fraction of sp³-hybridized carbons (Fsp3) is 0.455.